The van der Waals surface area contributed by atoms with Crippen LogP contribution < -0.4 is 5.73 Å². The highest BCUT2D eigenvalue weighted by molar-refractivity contribution is 9.10. The summed E-state index contributed by atoms with van der Waals surface area (Å²) >= 11 is 3.44. The minimum atomic E-state index is 0.139. The van der Waals surface area contributed by atoms with Gasteiger partial charge in [0.15, 0.2) is 0 Å². The van der Waals surface area contributed by atoms with E-state index in [2.05, 4.69) is 22.9 Å². The summed E-state index contributed by atoms with van der Waals surface area (Å²) in [4.78, 5) is 14.9. The third-order valence-corrected chi connectivity index (χ3v) is 4.53. The van der Waals surface area contributed by atoms with Crippen molar-refractivity contribution in [2.45, 2.75) is 51.1 Å². The number of rotatable bonds is 4. The Morgan fingerprint density at radius 1 is 1.45 bits per heavy atom. The van der Waals surface area contributed by atoms with E-state index in [9.17, 15) is 4.79 Å². The van der Waals surface area contributed by atoms with Gasteiger partial charge in [0.1, 0.15) is 5.69 Å². The number of hydrogen-bond donors (Lipinski definition) is 1. The maximum absolute atomic E-state index is 12.8. The van der Waals surface area contributed by atoms with E-state index in [4.69, 9.17) is 5.73 Å². The molecule has 0 atom stereocenters. The van der Waals surface area contributed by atoms with Crippen molar-refractivity contribution in [3.05, 3.63) is 22.4 Å². The Morgan fingerprint density at radius 2 is 2.10 bits per heavy atom. The maximum atomic E-state index is 12.8. The summed E-state index contributed by atoms with van der Waals surface area (Å²) in [5, 5.41) is 0. The third-order valence-electron chi connectivity index (χ3n) is 4.10. The molecule has 1 amide bonds. The average Bonchev–Trinajstić information content (AvgIpc) is 2.75. The normalized spacial score (nSPS) is 22.8. The molecule has 2 N–H and O–H groups in total. The van der Waals surface area contributed by atoms with Crippen molar-refractivity contribution >= 4 is 21.8 Å². The molecular weight excluding hydrogens is 318 g/mol. The number of aromatic nitrogens is 1. The Morgan fingerprint density at radius 3 is 2.60 bits per heavy atom. The zero-order valence-electron chi connectivity index (χ0n) is 12.3. The summed E-state index contributed by atoms with van der Waals surface area (Å²) in [6.07, 6.45) is 7.01. The minimum Gasteiger partial charge on any atom is -0.345 e. The predicted octanol–water partition coefficient (Wildman–Crippen LogP) is 2.91. The van der Waals surface area contributed by atoms with E-state index >= 15 is 0 Å². The molecule has 0 bridgehead atoms. The number of nitrogens with zero attached hydrogens (tertiary/aromatic N) is 2. The van der Waals surface area contributed by atoms with Crippen LogP contribution in [-0.2, 0) is 7.05 Å². The molecule has 2 rings (SSSR count). The Kier molecular flexibility index (Phi) is 5.27. The molecular formula is C15H24BrN3O. The van der Waals surface area contributed by atoms with Crippen molar-refractivity contribution in [1.29, 1.82) is 0 Å². The second kappa shape index (κ2) is 6.76. The van der Waals surface area contributed by atoms with Crippen LogP contribution in [0.1, 0.15) is 49.5 Å². The first-order valence-electron chi connectivity index (χ1n) is 7.41. The van der Waals surface area contributed by atoms with Gasteiger partial charge >= 0.3 is 0 Å². The van der Waals surface area contributed by atoms with E-state index in [-0.39, 0.29) is 5.91 Å². The van der Waals surface area contributed by atoms with E-state index in [0.29, 0.717) is 12.1 Å². The average molecular weight is 342 g/mol. The largest absolute Gasteiger partial charge is 0.345 e. The summed E-state index contributed by atoms with van der Waals surface area (Å²) in [7, 11) is 1.92. The Balaban J connectivity index is 2.15. The number of carbonyl (C=O) groups excluding carboxylic acids is 1. The van der Waals surface area contributed by atoms with E-state index < -0.39 is 0 Å². The van der Waals surface area contributed by atoms with Crippen LogP contribution in [0.4, 0.5) is 0 Å². The van der Waals surface area contributed by atoms with Crippen LogP contribution in [0.3, 0.4) is 0 Å². The van der Waals surface area contributed by atoms with Crippen LogP contribution in [0.2, 0.25) is 0 Å². The lowest BCUT2D eigenvalue weighted by molar-refractivity contribution is 0.0617. The number of hydrogen-bond acceptors (Lipinski definition) is 2. The maximum Gasteiger partial charge on any atom is 0.270 e. The molecule has 0 saturated heterocycles. The highest BCUT2D eigenvalue weighted by Gasteiger charge is 2.28. The van der Waals surface area contributed by atoms with Gasteiger partial charge in [-0.25, -0.2) is 0 Å². The van der Waals surface area contributed by atoms with Gasteiger partial charge in [-0.3, -0.25) is 4.79 Å². The van der Waals surface area contributed by atoms with Gasteiger partial charge in [-0.15, -0.1) is 0 Å². The molecule has 1 saturated carbocycles. The van der Waals surface area contributed by atoms with Crippen LogP contribution in [0, 0.1) is 0 Å². The van der Waals surface area contributed by atoms with Crippen molar-refractivity contribution in [2.75, 3.05) is 6.54 Å². The number of amides is 1. The fourth-order valence-corrected chi connectivity index (χ4v) is 3.51. The Hall–Kier alpha value is -0.810. The fraction of sp³-hybridized carbons (Fsp3) is 0.667. The van der Waals surface area contributed by atoms with Crippen LogP contribution in [0.5, 0.6) is 0 Å². The highest BCUT2D eigenvalue weighted by Crippen LogP contribution is 2.25. The molecule has 112 valence electrons. The smallest absolute Gasteiger partial charge is 0.270 e. The fourth-order valence-electron chi connectivity index (χ4n) is 2.99. The molecule has 20 heavy (non-hydrogen) atoms. The molecule has 1 heterocycles. The van der Waals surface area contributed by atoms with Crippen molar-refractivity contribution in [1.82, 2.24) is 9.47 Å². The SMILES string of the molecule is CCCN(C(=O)c1cc(Br)cn1C)C1CCC(N)CC1. The van der Waals surface area contributed by atoms with Crippen molar-refractivity contribution < 1.29 is 4.79 Å². The predicted molar refractivity (Wildman–Crippen MR) is 84.7 cm³/mol. The Labute approximate surface area is 129 Å². The zero-order valence-corrected chi connectivity index (χ0v) is 13.9. The number of halogens is 1. The second-order valence-corrected chi connectivity index (χ2v) is 6.64. The first kappa shape index (κ1) is 15.6. The molecule has 1 aliphatic rings. The summed E-state index contributed by atoms with van der Waals surface area (Å²) in [5.41, 5.74) is 6.72. The van der Waals surface area contributed by atoms with Gasteiger partial charge in [0.25, 0.3) is 5.91 Å². The zero-order chi connectivity index (χ0) is 14.7. The van der Waals surface area contributed by atoms with Crippen molar-refractivity contribution in [2.24, 2.45) is 12.8 Å². The summed E-state index contributed by atoms with van der Waals surface area (Å²) in [6.45, 7) is 2.94. The van der Waals surface area contributed by atoms with Crippen LogP contribution in [-0.4, -0.2) is 34.0 Å². The lowest BCUT2D eigenvalue weighted by atomic mass is 9.90. The quantitative estimate of drug-likeness (QED) is 0.915. The van der Waals surface area contributed by atoms with Crippen LogP contribution in [0.15, 0.2) is 16.7 Å². The minimum absolute atomic E-state index is 0.139. The lowest BCUT2D eigenvalue weighted by Gasteiger charge is -2.36. The standard InChI is InChI=1S/C15H24BrN3O/c1-3-8-19(13-6-4-12(17)5-7-13)15(20)14-9-11(16)10-18(14)2/h9-10,12-13H,3-8,17H2,1-2H3. The molecule has 0 unspecified atom stereocenters. The van der Waals surface area contributed by atoms with Gasteiger partial charge in [0.05, 0.1) is 0 Å². The van der Waals surface area contributed by atoms with Crippen molar-refractivity contribution in [3.8, 4) is 0 Å². The Bertz CT molecular complexity index is 464. The molecule has 0 spiro atoms. The molecule has 1 fully saturated rings. The third kappa shape index (κ3) is 3.44. The summed E-state index contributed by atoms with van der Waals surface area (Å²) < 4.78 is 2.84. The van der Waals surface area contributed by atoms with E-state index in [0.717, 1.165) is 48.8 Å². The molecule has 5 heteroatoms. The highest BCUT2D eigenvalue weighted by atomic mass is 79.9. The number of aryl methyl sites for hydroxylation is 1. The first-order chi connectivity index (χ1) is 9.52. The number of carbonyl (C=O) groups is 1. The van der Waals surface area contributed by atoms with Gasteiger partial charge in [-0.05, 0) is 54.1 Å². The molecule has 1 aromatic heterocycles. The van der Waals surface area contributed by atoms with Gasteiger partial charge in [-0.1, -0.05) is 6.92 Å². The van der Waals surface area contributed by atoms with E-state index in [1.165, 1.54) is 0 Å². The first-order valence-corrected chi connectivity index (χ1v) is 8.20. The second-order valence-electron chi connectivity index (χ2n) is 5.72. The summed E-state index contributed by atoms with van der Waals surface area (Å²) in [5.74, 6) is 0.139. The summed E-state index contributed by atoms with van der Waals surface area (Å²) in [6, 6.07) is 2.56. The molecule has 0 aliphatic heterocycles. The van der Waals surface area contributed by atoms with Gasteiger partial charge < -0.3 is 15.2 Å². The van der Waals surface area contributed by atoms with E-state index in [1.54, 1.807) is 0 Å². The monoisotopic (exact) mass is 341 g/mol. The number of nitrogens with two attached hydrogens (primary N) is 1. The van der Waals surface area contributed by atoms with Crippen LogP contribution in [0.25, 0.3) is 0 Å². The molecule has 1 aromatic rings. The molecule has 4 nitrogen and oxygen atoms in total. The van der Waals surface area contributed by atoms with Gasteiger partial charge in [0, 0.05) is 36.3 Å². The molecule has 1 aliphatic carbocycles. The molecule has 0 aromatic carbocycles. The van der Waals surface area contributed by atoms with Gasteiger partial charge in [0.2, 0.25) is 0 Å². The molecule has 0 radical (unpaired) electrons. The lowest BCUT2D eigenvalue weighted by Crippen LogP contribution is -2.45. The van der Waals surface area contributed by atoms with Crippen molar-refractivity contribution in [3.63, 3.8) is 0 Å². The van der Waals surface area contributed by atoms with Gasteiger partial charge in [-0.2, -0.15) is 0 Å². The van der Waals surface area contributed by atoms with E-state index in [1.807, 2.05) is 28.8 Å². The van der Waals surface area contributed by atoms with Crippen LogP contribution >= 0.6 is 15.9 Å². The topological polar surface area (TPSA) is 51.3 Å².